The largest absolute Gasteiger partial charge is 0.494 e. The minimum absolute atomic E-state index is 0.279. The number of ether oxygens (including phenoxy) is 2. The molecular weight excluding hydrogens is 242 g/mol. The fourth-order valence-corrected chi connectivity index (χ4v) is 2.21. The molecule has 0 bridgehead atoms. The van der Waals surface area contributed by atoms with Gasteiger partial charge in [-0.2, -0.15) is 0 Å². The van der Waals surface area contributed by atoms with Gasteiger partial charge >= 0.3 is 5.97 Å². The third-order valence-corrected chi connectivity index (χ3v) is 2.99. The van der Waals surface area contributed by atoms with Crippen molar-refractivity contribution < 1.29 is 14.3 Å². The molecule has 2 rings (SSSR count). The summed E-state index contributed by atoms with van der Waals surface area (Å²) < 4.78 is 12.5. The molecule has 0 radical (unpaired) electrons. The van der Waals surface area contributed by atoms with Crippen LogP contribution < -0.4 is 4.74 Å². The number of fused-ring (bicyclic) bond motifs is 1. The molecule has 4 heteroatoms. The van der Waals surface area contributed by atoms with E-state index in [4.69, 9.17) is 9.47 Å². The van der Waals surface area contributed by atoms with Crippen molar-refractivity contribution in [1.29, 1.82) is 0 Å². The van der Waals surface area contributed by atoms with Gasteiger partial charge in [-0.3, -0.25) is 0 Å². The average Bonchev–Trinajstić information content (AvgIpc) is 2.77. The van der Waals surface area contributed by atoms with E-state index < -0.39 is 0 Å². The Morgan fingerprint density at radius 2 is 1.95 bits per heavy atom. The predicted octanol–water partition coefficient (Wildman–Crippen LogP) is 3.24. The number of hydrogen-bond acceptors (Lipinski definition) is 3. The van der Waals surface area contributed by atoms with Gasteiger partial charge in [0.2, 0.25) is 0 Å². The number of nitrogens with zero attached hydrogens (tertiary/aromatic N) is 1. The molecule has 19 heavy (non-hydrogen) atoms. The number of aromatic nitrogens is 1. The van der Waals surface area contributed by atoms with Gasteiger partial charge in [0.1, 0.15) is 11.4 Å². The van der Waals surface area contributed by atoms with Crippen molar-refractivity contribution in [2.45, 2.75) is 27.3 Å². The zero-order chi connectivity index (χ0) is 13.8. The van der Waals surface area contributed by atoms with Crippen LogP contribution in [0.5, 0.6) is 5.75 Å². The van der Waals surface area contributed by atoms with E-state index in [1.807, 2.05) is 49.6 Å². The maximum absolute atomic E-state index is 11.9. The second-order valence-corrected chi connectivity index (χ2v) is 4.15. The minimum Gasteiger partial charge on any atom is -0.494 e. The van der Waals surface area contributed by atoms with Gasteiger partial charge in [0.05, 0.1) is 18.7 Å². The highest BCUT2D eigenvalue weighted by atomic mass is 16.5. The van der Waals surface area contributed by atoms with Gasteiger partial charge in [-0.15, -0.1) is 0 Å². The number of carbonyl (C=O) groups is 1. The molecule has 1 aromatic carbocycles. The molecule has 0 fully saturated rings. The molecule has 102 valence electrons. The SMILES string of the molecule is CCOC(=O)c1cc2ccc(OCC)cc2n1CC. The monoisotopic (exact) mass is 261 g/mol. The summed E-state index contributed by atoms with van der Waals surface area (Å²) in [5.74, 6) is 0.539. The second kappa shape index (κ2) is 5.78. The van der Waals surface area contributed by atoms with Crippen LogP contribution in [0.25, 0.3) is 10.9 Å². The lowest BCUT2D eigenvalue weighted by Crippen LogP contribution is -2.11. The predicted molar refractivity (Wildman–Crippen MR) is 74.7 cm³/mol. The normalized spacial score (nSPS) is 10.7. The summed E-state index contributed by atoms with van der Waals surface area (Å²) in [6.07, 6.45) is 0. The first-order chi connectivity index (χ1) is 9.21. The first kappa shape index (κ1) is 13.5. The number of hydrogen-bond donors (Lipinski definition) is 0. The van der Waals surface area contributed by atoms with Gasteiger partial charge in [0.25, 0.3) is 0 Å². The molecule has 0 amide bonds. The zero-order valence-corrected chi connectivity index (χ0v) is 11.6. The van der Waals surface area contributed by atoms with E-state index in [9.17, 15) is 4.79 Å². The molecule has 4 nitrogen and oxygen atoms in total. The molecule has 0 saturated carbocycles. The fourth-order valence-electron chi connectivity index (χ4n) is 2.21. The second-order valence-electron chi connectivity index (χ2n) is 4.15. The minimum atomic E-state index is -0.279. The summed E-state index contributed by atoms with van der Waals surface area (Å²) in [5, 5.41) is 1.02. The van der Waals surface area contributed by atoms with Crippen LogP contribution in [0.1, 0.15) is 31.3 Å². The number of aryl methyl sites for hydroxylation is 1. The average molecular weight is 261 g/mol. The number of benzene rings is 1. The van der Waals surface area contributed by atoms with E-state index in [0.717, 1.165) is 16.7 Å². The summed E-state index contributed by atoms with van der Waals surface area (Å²) in [6.45, 7) is 7.50. The smallest absolute Gasteiger partial charge is 0.354 e. The third kappa shape index (κ3) is 2.57. The van der Waals surface area contributed by atoms with Gasteiger partial charge in [-0.25, -0.2) is 4.79 Å². The van der Waals surface area contributed by atoms with Gasteiger partial charge in [0.15, 0.2) is 0 Å². The van der Waals surface area contributed by atoms with Crippen LogP contribution in [0.15, 0.2) is 24.3 Å². The lowest BCUT2D eigenvalue weighted by Gasteiger charge is -2.08. The van der Waals surface area contributed by atoms with Crippen LogP contribution in [-0.2, 0) is 11.3 Å². The molecule has 0 unspecified atom stereocenters. The topological polar surface area (TPSA) is 40.5 Å². The molecule has 0 saturated heterocycles. The lowest BCUT2D eigenvalue weighted by atomic mass is 10.2. The standard InChI is InChI=1S/C15H19NO3/c1-4-16-13-10-12(18-5-2)8-7-11(13)9-14(16)15(17)19-6-3/h7-10H,4-6H2,1-3H3. The maximum atomic E-state index is 11.9. The third-order valence-electron chi connectivity index (χ3n) is 2.99. The van der Waals surface area contributed by atoms with Gasteiger partial charge in [-0.05, 0) is 39.0 Å². The Morgan fingerprint density at radius 1 is 1.16 bits per heavy atom. The first-order valence-electron chi connectivity index (χ1n) is 6.64. The van der Waals surface area contributed by atoms with E-state index >= 15 is 0 Å². The molecule has 0 aliphatic heterocycles. The summed E-state index contributed by atoms with van der Waals surface area (Å²) in [5.41, 5.74) is 1.59. The highest BCUT2D eigenvalue weighted by molar-refractivity contribution is 5.96. The van der Waals surface area contributed by atoms with Crippen LogP contribution in [-0.4, -0.2) is 23.8 Å². The van der Waals surface area contributed by atoms with Crippen molar-refractivity contribution in [3.8, 4) is 5.75 Å². The fraction of sp³-hybridized carbons (Fsp3) is 0.400. The number of rotatable bonds is 5. The lowest BCUT2D eigenvalue weighted by molar-refractivity contribution is 0.0514. The van der Waals surface area contributed by atoms with Gasteiger partial charge in [0, 0.05) is 18.0 Å². The molecule has 0 aliphatic carbocycles. The van der Waals surface area contributed by atoms with Crippen LogP contribution in [0.4, 0.5) is 0 Å². The Balaban J connectivity index is 2.51. The van der Waals surface area contributed by atoms with Gasteiger partial charge < -0.3 is 14.0 Å². The molecular formula is C15H19NO3. The molecule has 0 aliphatic rings. The van der Waals surface area contributed by atoms with Gasteiger partial charge in [-0.1, -0.05) is 0 Å². The van der Waals surface area contributed by atoms with E-state index in [0.29, 0.717) is 25.5 Å². The van der Waals surface area contributed by atoms with Crippen molar-refractivity contribution in [1.82, 2.24) is 4.57 Å². The number of esters is 1. The van der Waals surface area contributed by atoms with E-state index in [2.05, 4.69) is 0 Å². The Labute approximate surface area is 112 Å². The molecule has 1 aromatic heterocycles. The molecule has 0 N–H and O–H groups in total. The van der Waals surface area contributed by atoms with E-state index in [1.165, 1.54) is 0 Å². The number of carbonyl (C=O) groups excluding carboxylic acids is 1. The van der Waals surface area contributed by atoms with Crippen LogP contribution in [0.3, 0.4) is 0 Å². The Morgan fingerprint density at radius 3 is 2.58 bits per heavy atom. The maximum Gasteiger partial charge on any atom is 0.354 e. The van der Waals surface area contributed by atoms with E-state index in [1.54, 1.807) is 0 Å². The summed E-state index contributed by atoms with van der Waals surface area (Å²) >= 11 is 0. The highest BCUT2D eigenvalue weighted by Gasteiger charge is 2.15. The van der Waals surface area contributed by atoms with E-state index in [-0.39, 0.29) is 5.97 Å². The molecule has 2 aromatic rings. The summed E-state index contributed by atoms with van der Waals surface area (Å²) in [7, 11) is 0. The van der Waals surface area contributed by atoms with Crippen molar-refractivity contribution >= 4 is 16.9 Å². The zero-order valence-electron chi connectivity index (χ0n) is 11.6. The molecule has 0 spiro atoms. The van der Waals surface area contributed by atoms with Crippen LogP contribution in [0, 0.1) is 0 Å². The Bertz CT molecular complexity index is 586. The first-order valence-corrected chi connectivity index (χ1v) is 6.64. The quantitative estimate of drug-likeness (QED) is 0.776. The van der Waals surface area contributed by atoms with Crippen LogP contribution >= 0.6 is 0 Å². The summed E-state index contributed by atoms with van der Waals surface area (Å²) in [6, 6.07) is 7.72. The van der Waals surface area contributed by atoms with Crippen molar-refractivity contribution in [2.75, 3.05) is 13.2 Å². The molecule has 0 atom stereocenters. The van der Waals surface area contributed by atoms with Crippen LogP contribution in [0.2, 0.25) is 0 Å². The molecule has 1 heterocycles. The van der Waals surface area contributed by atoms with Crippen molar-refractivity contribution in [3.63, 3.8) is 0 Å². The highest BCUT2D eigenvalue weighted by Crippen LogP contribution is 2.25. The van der Waals surface area contributed by atoms with Crippen molar-refractivity contribution in [3.05, 3.63) is 30.0 Å². The Kier molecular flexibility index (Phi) is 4.10. The Hall–Kier alpha value is -1.97. The summed E-state index contributed by atoms with van der Waals surface area (Å²) in [4.78, 5) is 11.9. The van der Waals surface area contributed by atoms with Crippen molar-refractivity contribution in [2.24, 2.45) is 0 Å².